The van der Waals surface area contributed by atoms with Gasteiger partial charge in [0.1, 0.15) is 12.4 Å². The highest BCUT2D eigenvalue weighted by Gasteiger charge is 2.11. The van der Waals surface area contributed by atoms with Crippen molar-refractivity contribution < 1.29 is 14.3 Å². The summed E-state index contributed by atoms with van der Waals surface area (Å²) >= 11 is 0. The number of carbonyl (C=O) groups excluding carboxylic acids is 1. The lowest BCUT2D eigenvalue weighted by molar-refractivity contribution is -0.122. The predicted octanol–water partition coefficient (Wildman–Crippen LogP) is 0.814. The van der Waals surface area contributed by atoms with E-state index in [0.717, 1.165) is 22.4 Å². The van der Waals surface area contributed by atoms with Gasteiger partial charge in [0.2, 0.25) is 5.91 Å². The van der Waals surface area contributed by atoms with Gasteiger partial charge in [-0.2, -0.15) is 0 Å². The van der Waals surface area contributed by atoms with Crippen molar-refractivity contribution in [3.8, 4) is 5.75 Å². The molecule has 0 spiro atoms. The van der Waals surface area contributed by atoms with Gasteiger partial charge in [0.15, 0.2) is 0 Å². The maximum absolute atomic E-state index is 10.5. The average molecular weight is 252 g/mol. The van der Waals surface area contributed by atoms with Crippen LogP contribution in [0.25, 0.3) is 0 Å². The fraction of sp³-hybridized carbons (Fsp3) is 0.462. The number of aryl methyl sites for hydroxylation is 2. The molecule has 1 amide bonds. The number of nitrogens with two attached hydrogens (primary N) is 2. The molecule has 0 bridgehead atoms. The molecule has 0 aliphatic rings. The van der Waals surface area contributed by atoms with Gasteiger partial charge in [-0.25, -0.2) is 0 Å². The summed E-state index contributed by atoms with van der Waals surface area (Å²) in [6.45, 7) is 4.08. The molecule has 0 heterocycles. The minimum absolute atomic E-state index is 0.109. The number of benzene rings is 1. The molecule has 5 nitrogen and oxygen atoms in total. The Labute approximate surface area is 107 Å². The summed E-state index contributed by atoms with van der Waals surface area (Å²) in [6.07, 6.45) is 0. The zero-order valence-corrected chi connectivity index (χ0v) is 11.0. The molecule has 0 fully saturated rings. The summed E-state index contributed by atoms with van der Waals surface area (Å²) in [7, 11) is 1.64. The van der Waals surface area contributed by atoms with E-state index in [-0.39, 0.29) is 19.3 Å². The maximum Gasteiger partial charge on any atom is 0.243 e. The van der Waals surface area contributed by atoms with E-state index in [2.05, 4.69) is 0 Å². The smallest absolute Gasteiger partial charge is 0.243 e. The Morgan fingerprint density at radius 2 is 1.89 bits per heavy atom. The van der Waals surface area contributed by atoms with E-state index in [1.165, 1.54) is 0 Å². The van der Waals surface area contributed by atoms with Crippen molar-refractivity contribution in [3.63, 3.8) is 0 Å². The highest BCUT2D eigenvalue weighted by molar-refractivity contribution is 5.74. The molecule has 1 unspecified atom stereocenters. The fourth-order valence-corrected chi connectivity index (χ4v) is 1.90. The van der Waals surface area contributed by atoms with Gasteiger partial charge in [-0.15, -0.1) is 0 Å². The summed E-state index contributed by atoms with van der Waals surface area (Å²) in [5, 5.41) is 0. The minimum Gasteiger partial charge on any atom is -0.496 e. The van der Waals surface area contributed by atoms with Crippen LogP contribution in [0.5, 0.6) is 5.75 Å². The minimum atomic E-state index is -0.496. The van der Waals surface area contributed by atoms with Crippen LogP contribution in [0, 0.1) is 13.8 Å². The van der Waals surface area contributed by atoms with E-state index in [1.807, 2.05) is 26.0 Å². The molecule has 18 heavy (non-hydrogen) atoms. The van der Waals surface area contributed by atoms with Crippen LogP contribution in [0.15, 0.2) is 12.1 Å². The zero-order chi connectivity index (χ0) is 13.7. The predicted molar refractivity (Wildman–Crippen MR) is 69.4 cm³/mol. The average Bonchev–Trinajstić information content (AvgIpc) is 2.27. The highest BCUT2D eigenvalue weighted by Crippen LogP contribution is 2.26. The van der Waals surface area contributed by atoms with E-state index < -0.39 is 5.91 Å². The van der Waals surface area contributed by atoms with Crippen LogP contribution in [0.2, 0.25) is 0 Å². The normalized spacial score (nSPS) is 12.2. The number of carbonyl (C=O) groups is 1. The topological polar surface area (TPSA) is 87.6 Å². The van der Waals surface area contributed by atoms with Gasteiger partial charge in [0.05, 0.1) is 19.8 Å². The molecule has 0 aliphatic carbocycles. The Kier molecular flexibility index (Phi) is 5.12. The molecule has 0 aromatic heterocycles. The van der Waals surface area contributed by atoms with E-state index in [4.69, 9.17) is 20.9 Å². The molecule has 4 N–H and O–H groups in total. The largest absolute Gasteiger partial charge is 0.496 e. The van der Waals surface area contributed by atoms with Crippen molar-refractivity contribution >= 4 is 5.91 Å². The van der Waals surface area contributed by atoms with Crippen molar-refractivity contribution in [1.29, 1.82) is 0 Å². The number of amides is 1. The number of hydrogen-bond donors (Lipinski definition) is 2. The number of methoxy groups -OCH3 is 1. The molecule has 0 saturated heterocycles. The summed E-state index contributed by atoms with van der Waals surface area (Å²) in [5.41, 5.74) is 14.0. The van der Waals surface area contributed by atoms with Crippen LogP contribution >= 0.6 is 0 Å². The SMILES string of the molecule is COc1c(C)cc(C(N)COCC(N)=O)cc1C. The molecular weight excluding hydrogens is 232 g/mol. The molecule has 0 saturated carbocycles. The first-order valence-electron chi connectivity index (χ1n) is 5.72. The molecule has 1 atom stereocenters. The van der Waals surface area contributed by atoms with Crippen LogP contribution in [-0.4, -0.2) is 26.2 Å². The van der Waals surface area contributed by atoms with Gasteiger partial charge in [-0.3, -0.25) is 4.79 Å². The van der Waals surface area contributed by atoms with Crippen molar-refractivity contribution in [2.45, 2.75) is 19.9 Å². The second-order valence-corrected chi connectivity index (χ2v) is 4.28. The lowest BCUT2D eigenvalue weighted by Gasteiger charge is -2.16. The lowest BCUT2D eigenvalue weighted by atomic mass is 10.0. The van der Waals surface area contributed by atoms with E-state index in [0.29, 0.717) is 0 Å². The fourth-order valence-electron chi connectivity index (χ4n) is 1.90. The summed E-state index contributed by atoms with van der Waals surface area (Å²) in [6, 6.07) is 3.64. The maximum atomic E-state index is 10.5. The Bertz CT molecular complexity index is 409. The highest BCUT2D eigenvalue weighted by atomic mass is 16.5. The van der Waals surface area contributed by atoms with Crippen molar-refractivity contribution in [2.24, 2.45) is 11.5 Å². The second kappa shape index (κ2) is 6.37. The molecule has 0 radical (unpaired) electrons. The van der Waals surface area contributed by atoms with Crippen molar-refractivity contribution in [3.05, 3.63) is 28.8 Å². The van der Waals surface area contributed by atoms with Crippen molar-refractivity contribution in [1.82, 2.24) is 0 Å². The number of ether oxygens (including phenoxy) is 2. The first kappa shape index (κ1) is 14.5. The van der Waals surface area contributed by atoms with Crippen LogP contribution in [0.1, 0.15) is 22.7 Å². The standard InChI is InChI=1S/C13H20N2O3/c1-8-4-10(5-9(2)13(8)17-3)11(14)6-18-7-12(15)16/h4-5,11H,6-7,14H2,1-3H3,(H2,15,16). The third kappa shape index (κ3) is 3.72. The van der Waals surface area contributed by atoms with E-state index in [1.54, 1.807) is 7.11 Å². The van der Waals surface area contributed by atoms with Gasteiger partial charge in [0.25, 0.3) is 0 Å². The summed E-state index contributed by atoms with van der Waals surface area (Å²) < 4.78 is 10.4. The van der Waals surface area contributed by atoms with Gasteiger partial charge in [-0.05, 0) is 30.5 Å². The Morgan fingerprint density at radius 3 is 2.33 bits per heavy atom. The molecule has 5 heteroatoms. The lowest BCUT2D eigenvalue weighted by Crippen LogP contribution is -2.23. The molecule has 0 aliphatic heterocycles. The third-order valence-corrected chi connectivity index (χ3v) is 2.66. The van der Waals surface area contributed by atoms with Crippen LogP contribution in [0.4, 0.5) is 0 Å². The quantitative estimate of drug-likeness (QED) is 0.784. The number of rotatable bonds is 6. The molecule has 1 aromatic carbocycles. The molecule has 1 rings (SSSR count). The Morgan fingerprint density at radius 1 is 1.33 bits per heavy atom. The first-order chi connectivity index (χ1) is 8.45. The van der Waals surface area contributed by atoms with Crippen LogP contribution in [-0.2, 0) is 9.53 Å². The summed E-state index contributed by atoms with van der Waals surface area (Å²) in [5.74, 6) is 0.369. The number of hydrogen-bond acceptors (Lipinski definition) is 4. The molecule has 100 valence electrons. The number of primary amides is 1. The summed E-state index contributed by atoms with van der Waals surface area (Å²) in [4.78, 5) is 10.5. The molecular formula is C13H20N2O3. The van der Waals surface area contributed by atoms with E-state index >= 15 is 0 Å². The molecule has 1 aromatic rings. The van der Waals surface area contributed by atoms with Gasteiger partial charge < -0.3 is 20.9 Å². The van der Waals surface area contributed by atoms with Crippen molar-refractivity contribution in [2.75, 3.05) is 20.3 Å². The van der Waals surface area contributed by atoms with E-state index in [9.17, 15) is 4.79 Å². The zero-order valence-electron chi connectivity index (χ0n) is 11.0. The van der Waals surface area contributed by atoms with Gasteiger partial charge in [0, 0.05) is 0 Å². The third-order valence-electron chi connectivity index (χ3n) is 2.66. The van der Waals surface area contributed by atoms with Crippen LogP contribution in [0.3, 0.4) is 0 Å². The first-order valence-corrected chi connectivity index (χ1v) is 5.72. The monoisotopic (exact) mass is 252 g/mol. The van der Waals surface area contributed by atoms with Gasteiger partial charge >= 0.3 is 0 Å². The Balaban J connectivity index is 2.74. The van der Waals surface area contributed by atoms with Gasteiger partial charge in [-0.1, -0.05) is 12.1 Å². The van der Waals surface area contributed by atoms with Crippen LogP contribution < -0.4 is 16.2 Å². The second-order valence-electron chi connectivity index (χ2n) is 4.28. The Hall–Kier alpha value is -1.59.